The molecule has 5 rings (SSSR count). The van der Waals surface area contributed by atoms with Crippen LogP contribution in [0.15, 0.2) is 42.7 Å². The molecule has 0 radical (unpaired) electrons. The van der Waals surface area contributed by atoms with Crippen molar-refractivity contribution in [3.8, 4) is 6.07 Å². The molecule has 0 aliphatic carbocycles. The number of nitrogens with zero attached hydrogens (tertiary/aromatic N) is 4. The highest BCUT2D eigenvalue weighted by Gasteiger charge is 2.34. The number of halogens is 5. The molecule has 3 heterocycles. The SMILES string of the molecule is N#Cc1cnc2c(C(F)(F)F)cc(NCc3cnc(N4CCOCC4)s3)cc2c1Nc1ccc(F)c(Cl)c1. The number of nitrogens with one attached hydrogen (secondary N) is 2. The Labute approximate surface area is 223 Å². The first-order chi connectivity index (χ1) is 18.2. The molecular weight excluding hydrogens is 544 g/mol. The standard InChI is InChI=1S/C25H19ClF4N6OS/c26-20-9-15(1-2-21(20)27)35-22-14(10-31)11-33-23-18(22)7-16(8-19(23)25(28,29)30)32-12-17-13-34-24(38-17)36-3-5-37-6-4-36/h1-2,7-9,11,13,32H,3-6,12H2,(H,33,35). The van der Waals surface area contributed by atoms with Crippen LogP contribution in [0.5, 0.6) is 0 Å². The highest BCUT2D eigenvalue weighted by atomic mass is 35.5. The quantitative estimate of drug-likeness (QED) is 0.257. The molecule has 0 saturated carbocycles. The van der Waals surface area contributed by atoms with E-state index in [1.165, 1.54) is 29.5 Å². The van der Waals surface area contributed by atoms with E-state index < -0.39 is 17.6 Å². The second-order valence-electron chi connectivity index (χ2n) is 8.39. The molecule has 0 atom stereocenters. The lowest BCUT2D eigenvalue weighted by Gasteiger charge is -2.25. The zero-order chi connectivity index (χ0) is 26.9. The van der Waals surface area contributed by atoms with Crippen LogP contribution in [0.3, 0.4) is 0 Å². The Bertz CT molecular complexity index is 1530. The molecule has 196 valence electrons. The Balaban J connectivity index is 1.51. The van der Waals surface area contributed by atoms with E-state index in [1.54, 1.807) is 6.20 Å². The lowest BCUT2D eigenvalue weighted by molar-refractivity contribution is -0.136. The van der Waals surface area contributed by atoms with E-state index >= 15 is 0 Å². The van der Waals surface area contributed by atoms with Crippen molar-refractivity contribution in [1.29, 1.82) is 5.26 Å². The zero-order valence-corrected chi connectivity index (χ0v) is 21.1. The molecule has 38 heavy (non-hydrogen) atoms. The van der Waals surface area contributed by atoms with Crippen molar-refractivity contribution in [2.24, 2.45) is 0 Å². The van der Waals surface area contributed by atoms with Crippen LogP contribution < -0.4 is 15.5 Å². The molecule has 0 bridgehead atoms. The molecule has 7 nitrogen and oxygen atoms in total. The largest absolute Gasteiger partial charge is 0.418 e. The van der Waals surface area contributed by atoms with Gasteiger partial charge in [0.25, 0.3) is 0 Å². The van der Waals surface area contributed by atoms with Crippen molar-refractivity contribution in [3.05, 3.63) is 69.6 Å². The van der Waals surface area contributed by atoms with Crippen molar-refractivity contribution in [1.82, 2.24) is 9.97 Å². The minimum atomic E-state index is -4.71. The van der Waals surface area contributed by atoms with E-state index in [0.29, 0.717) is 18.9 Å². The number of pyridine rings is 1. The van der Waals surface area contributed by atoms with Gasteiger partial charge < -0.3 is 20.3 Å². The van der Waals surface area contributed by atoms with Gasteiger partial charge in [0.1, 0.15) is 11.9 Å². The van der Waals surface area contributed by atoms with Gasteiger partial charge in [0.15, 0.2) is 5.13 Å². The first-order valence-corrected chi connectivity index (χ1v) is 12.6. The Morgan fingerprint density at radius 2 is 1.89 bits per heavy atom. The topological polar surface area (TPSA) is 86.1 Å². The van der Waals surface area contributed by atoms with E-state index in [9.17, 15) is 22.8 Å². The number of morpholine rings is 1. The minimum absolute atomic E-state index is 0.0147. The number of thiazole rings is 1. The number of hydrogen-bond acceptors (Lipinski definition) is 8. The second kappa shape index (κ2) is 10.6. The van der Waals surface area contributed by atoms with E-state index in [2.05, 4.69) is 25.5 Å². The van der Waals surface area contributed by atoms with Gasteiger partial charge in [-0.15, -0.1) is 11.3 Å². The van der Waals surface area contributed by atoms with Gasteiger partial charge in [-0.05, 0) is 30.3 Å². The summed E-state index contributed by atoms with van der Waals surface area (Å²) in [6.07, 6.45) is -1.95. The number of fused-ring (bicyclic) bond motifs is 1. The van der Waals surface area contributed by atoms with Gasteiger partial charge in [-0.1, -0.05) is 11.6 Å². The molecule has 0 spiro atoms. The second-order valence-corrected chi connectivity index (χ2v) is 9.89. The molecule has 4 aromatic rings. The minimum Gasteiger partial charge on any atom is -0.380 e. The summed E-state index contributed by atoms with van der Waals surface area (Å²) in [6, 6.07) is 8.21. The van der Waals surface area contributed by atoms with Crippen LogP contribution in [-0.4, -0.2) is 36.3 Å². The number of benzene rings is 2. The molecule has 2 N–H and O–H groups in total. The average molecular weight is 563 g/mol. The van der Waals surface area contributed by atoms with Crippen molar-refractivity contribution < 1.29 is 22.3 Å². The summed E-state index contributed by atoms with van der Waals surface area (Å²) in [5.41, 5.74) is -0.691. The van der Waals surface area contributed by atoms with Crippen molar-refractivity contribution >= 4 is 56.0 Å². The van der Waals surface area contributed by atoms with Crippen LogP contribution in [0.2, 0.25) is 5.02 Å². The summed E-state index contributed by atoms with van der Waals surface area (Å²) in [5.74, 6) is -0.650. The van der Waals surface area contributed by atoms with Gasteiger partial charge in [-0.3, -0.25) is 4.98 Å². The van der Waals surface area contributed by atoms with Crippen LogP contribution in [0.4, 0.5) is 39.8 Å². The van der Waals surface area contributed by atoms with E-state index in [-0.39, 0.29) is 39.4 Å². The third kappa shape index (κ3) is 5.45. The number of hydrogen-bond donors (Lipinski definition) is 2. The number of anilines is 4. The number of nitriles is 1. The summed E-state index contributed by atoms with van der Waals surface area (Å²) in [5, 5.41) is 16.3. The van der Waals surface area contributed by atoms with Crippen LogP contribution in [0.1, 0.15) is 16.0 Å². The first-order valence-electron chi connectivity index (χ1n) is 11.4. The average Bonchev–Trinajstić information content (AvgIpc) is 3.38. The van der Waals surface area contributed by atoms with Crippen molar-refractivity contribution in [3.63, 3.8) is 0 Å². The van der Waals surface area contributed by atoms with E-state index in [0.717, 1.165) is 41.4 Å². The van der Waals surface area contributed by atoms with Crippen molar-refractivity contribution in [2.75, 3.05) is 41.8 Å². The summed E-state index contributed by atoms with van der Waals surface area (Å²) in [4.78, 5) is 11.3. The summed E-state index contributed by atoms with van der Waals surface area (Å²) < 4.78 is 61.2. The molecule has 1 aliphatic heterocycles. The van der Waals surface area contributed by atoms with Gasteiger partial charge in [-0.2, -0.15) is 18.4 Å². The Kier molecular flexibility index (Phi) is 7.25. The smallest absolute Gasteiger partial charge is 0.380 e. The van der Waals surface area contributed by atoms with Gasteiger partial charge in [0, 0.05) is 47.1 Å². The summed E-state index contributed by atoms with van der Waals surface area (Å²) in [7, 11) is 0. The van der Waals surface area contributed by atoms with Crippen LogP contribution in [0.25, 0.3) is 10.9 Å². The number of aromatic nitrogens is 2. The number of ether oxygens (including phenoxy) is 1. The molecular formula is C25H19ClF4N6OS. The van der Waals surface area contributed by atoms with Crippen molar-refractivity contribution in [2.45, 2.75) is 12.7 Å². The predicted octanol–water partition coefficient (Wildman–Crippen LogP) is 6.57. The van der Waals surface area contributed by atoms with Gasteiger partial charge in [-0.25, -0.2) is 9.37 Å². The molecule has 1 fully saturated rings. The lowest BCUT2D eigenvalue weighted by Crippen LogP contribution is -2.36. The van der Waals surface area contributed by atoms with E-state index in [1.807, 2.05) is 6.07 Å². The van der Waals surface area contributed by atoms with Gasteiger partial charge in [0.05, 0.1) is 47.1 Å². The number of rotatable bonds is 6. The zero-order valence-electron chi connectivity index (χ0n) is 19.6. The molecule has 1 aliphatic rings. The molecule has 0 unspecified atom stereocenters. The van der Waals surface area contributed by atoms with Gasteiger partial charge in [0.2, 0.25) is 0 Å². The lowest BCUT2D eigenvalue weighted by atomic mass is 10.0. The number of alkyl halides is 3. The summed E-state index contributed by atoms with van der Waals surface area (Å²) >= 11 is 7.32. The Morgan fingerprint density at radius 1 is 1.11 bits per heavy atom. The highest BCUT2D eigenvalue weighted by molar-refractivity contribution is 7.15. The third-order valence-electron chi connectivity index (χ3n) is 5.88. The Hall–Kier alpha value is -3.66. The maximum atomic E-state index is 14.1. The van der Waals surface area contributed by atoms with Crippen LogP contribution >= 0.6 is 22.9 Å². The predicted molar refractivity (Wildman–Crippen MR) is 139 cm³/mol. The fourth-order valence-electron chi connectivity index (χ4n) is 4.03. The molecule has 0 amide bonds. The monoisotopic (exact) mass is 562 g/mol. The first kappa shape index (κ1) is 26.0. The van der Waals surface area contributed by atoms with Gasteiger partial charge >= 0.3 is 6.18 Å². The molecule has 2 aromatic heterocycles. The fraction of sp³-hybridized carbons (Fsp3) is 0.240. The van der Waals surface area contributed by atoms with Crippen LogP contribution in [-0.2, 0) is 17.5 Å². The molecule has 1 saturated heterocycles. The van der Waals surface area contributed by atoms with Crippen LogP contribution in [0, 0.1) is 17.1 Å². The maximum Gasteiger partial charge on any atom is 0.418 e. The fourth-order valence-corrected chi connectivity index (χ4v) is 5.11. The highest BCUT2D eigenvalue weighted by Crippen LogP contribution is 2.40. The normalized spacial score (nSPS) is 13.9. The van der Waals surface area contributed by atoms with E-state index in [4.69, 9.17) is 16.3 Å². The Morgan fingerprint density at radius 3 is 2.61 bits per heavy atom. The molecule has 13 heteroatoms. The molecule has 2 aromatic carbocycles. The summed E-state index contributed by atoms with van der Waals surface area (Å²) in [6.45, 7) is 2.92. The maximum absolute atomic E-state index is 14.1. The third-order valence-corrected chi connectivity index (χ3v) is 7.22.